The molecule has 0 saturated carbocycles. The van der Waals surface area contributed by atoms with Crippen LogP contribution in [0, 0.1) is 0 Å². The molecule has 5 saturated heterocycles. The van der Waals surface area contributed by atoms with Gasteiger partial charge in [0, 0.05) is 48.6 Å². The van der Waals surface area contributed by atoms with Crippen LogP contribution in [0.2, 0.25) is 0 Å². The Morgan fingerprint density at radius 2 is 0.508 bits per heavy atom. The molecule has 20 amide bonds. The quantitative estimate of drug-likeness (QED) is 0.0796. The zero-order valence-electron chi connectivity index (χ0n) is 69.7. The van der Waals surface area contributed by atoms with Crippen molar-refractivity contribution < 1.29 is 95.9 Å². The first kappa shape index (κ1) is 95.8. The maximum Gasteiger partial charge on any atom is 0.262 e. The van der Waals surface area contributed by atoms with Crippen LogP contribution in [0.4, 0.5) is 0 Å². The van der Waals surface area contributed by atoms with E-state index >= 15 is 0 Å². The number of nitrogens with zero attached hydrogens (tertiary/aromatic N) is 5. The van der Waals surface area contributed by atoms with Crippen LogP contribution in [0.3, 0.4) is 0 Å². The Hall–Kier alpha value is -13.0. The van der Waals surface area contributed by atoms with Crippen LogP contribution in [-0.4, -0.2) is 173 Å². The number of nitrogens with one attached hydrogen (secondary N) is 5. The molecule has 0 aliphatic carbocycles. The standard InChI is InChI=1S/C19H16N2O4.4C15H14N2O4.5C2H6.CH4/c1-2-10-8-11-4-3-5-12-16(11)13(9-10)19(25)21(18(12)24)14-6-7-15(22)20-17(14)23;2*1-2-8-3-4-9-10(7-8)15(21)17(14(9)20)11-5-6-12(18)16-13(11)19;2*1-2-8-4-3-5-9-12(8)15(21)17(14(9)20)10-6-7-11(18)16-13(10)19;5*1-2;/h3-5,8-9,14H,2,6-7H2,1H3,(H,20,22,23);2*3-4,7,11H,2,5-6H2,1H3,(H,16,18,19);2*3-5,10H,2,6-7H2,1H3,(H,16,18,19);5*1-2H3;1H4. The summed E-state index contributed by atoms with van der Waals surface area (Å²) in [5, 5.41) is 12.4. The summed E-state index contributed by atoms with van der Waals surface area (Å²) in [4.78, 5) is 246. The molecule has 0 radical (unpaired) electrons. The van der Waals surface area contributed by atoms with E-state index in [1.165, 1.54) is 0 Å². The molecule has 5 fully saturated rings. The minimum absolute atomic E-state index is 0. The molecule has 6 aromatic carbocycles. The minimum Gasteiger partial charge on any atom is -0.295 e. The molecule has 0 spiro atoms. The summed E-state index contributed by atoms with van der Waals surface area (Å²) >= 11 is 0. The van der Waals surface area contributed by atoms with E-state index in [1.807, 2.05) is 116 Å². The Kier molecular flexibility index (Phi) is 34.3. The molecule has 10 aliphatic heterocycles. The van der Waals surface area contributed by atoms with E-state index in [0.717, 1.165) is 77.0 Å². The topological polar surface area (TPSA) is 418 Å². The van der Waals surface area contributed by atoms with Gasteiger partial charge >= 0.3 is 0 Å². The summed E-state index contributed by atoms with van der Waals surface area (Å²) in [5.74, 6) is -9.42. The highest BCUT2D eigenvalue weighted by Gasteiger charge is 2.50. The maximum atomic E-state index is 13.0. The number of fused-ring (bicyclic) bond motifs is 4. The van der Waals surface area contributed by atoms with E-state index in [1.54, 1.807) is 91.0 Å². The lowest BCUT2D eigenvalue weighted by Crippen LogP contribution is -2.57. The second-order valence-electron chi connectivity index (χ2n) is 27.0. The number of amides is 20. The fourth-order valence-electron chi connectivity index (χ4n) is 14.8. The Bertz CT molecular complexity index is 4890. The van der Waals surface area contributed by atoms with E-state index in [4.69, 9.17) is 0 Å². The highest BCUT2D eigenvalue weighted by Crippen LogP contribution is 2.37. The number of carbonyl (C=O) groups is 20. The highest BCUT2D eigenvalue weighted by molar-refractivity contribution is 6.29. The first-order valence-electron chi connectivity index (χ1n) is 40.8. The van der Waals surface area contributed by atoms with Crippen LogP contribution in [-0.2, 0) is 80.0 Å². The Labute approximate surface area is 697 Å². The van der Waals surface area contributed by atoms with Gasteiger partial charge < -0.3 is 0 Å². The first-order valence-corrected chi connectivity index (χ1v) is 40.8. The summed E-state index contributed by atoms with van der Waals surface area (Å²) in [6.45, 7) is 29.7. The smallest absolute Gasteiger partial charge is 0.262 e. The Morgan fingerprint density at radius 3 is 0.800 bits per heavy atom. The van der Waals surface area contributed by atoms with Crippen molar-refractivity contribution in [1.82, 2.24) is 51.1 Å². The third kappa shape index (κ3) is 19.4. The summed E-state index contributed by atoms with van der Waals surface area (Å²) in [7, 11) is 0. The van der Waals surface area contributed by atoms with E-state index < -0.39 is 119 Å². The number of benzene rings is 6. The molecule has 6 aromatic rings. The molecule has 30 nitrogen and oxygen atoms in total. The van der Waals surface area contributed by atoms with Gasteiger partial charge in [-0.2, -0.15) is 0 Å². The normalized spacial score (nSPS) is 19.6. The van der Waals surface area contributed by atoms with Crippen molar-refractivity contribution in [3.63, 3.8) is 0 Å². The Morgan fingerprint density at radius 1 is 0.258 bits per heavy atom. The summed E-state index contributed by atoms with van der Waals surface area (Å²) in [6.07, 6.45) is 5.02. The van der Waals surface area contributed by atoms with Crippen molar-refractivity contribution in [2.45, 2.75) is 238 Å². The monoisotopic (exact) mass is 1650 g/mol. The lowest BCUT2D eigenvalue weighted by Gasteiger charge is -2.34. The third-order valence-corrected chi connectivity index (χ3v) is 20.6. The zero-order valence-corrected chi connectivity index (χ0v) is 69.7. The van der Waals surface area contributed by atoms with Crippen molar-refractivity contribution in [3.05, 3.63) is 187 Å². The van der Waals surface area contributed by atoms with Crippen LogP contribution in [0.1, 0.15) is 307 Å². The number of carbonyl (C=O) groups excluding carboxylic acids is 20. The van der Waals surface area contributed by atoms with E-state index in [-0.39, 0.29) is 101 Å². The molecular weight excluding hydrogens is 1540 g/mol. The van der Waals surface area contributed by atoms with Crippen LogP contribution >= 0.6 is 0 Å². The molecule has 30 heteroatoms. The number of imide groups is 10. The fraction of sp³-hybridized carbons (Fsp3) is 0.400. The number of aryl methyl sites for hydroxylation is 5. The number of rotatable bonds is 10. The van der Waals surface area contributed by atoms with Gasteiger partial charge in [-0.1, -0.05) is 166 Å². The maximum absolute atomic E-state index is 13.0. The number of hydrogen-bond acceptors (Lipinski definition) is 20. The fourth-order valence-corrected chi connectivity index (χ4v) is 14.8. The molecule has 120 heavy (non-hydrogen) atoms. The molecule has 10 aliphatic rings. The molecule has 0 bridgehead atoms. The molecule has 10 heterocycles. The van der Waals surface area contributed by atoms with Gasteiger partial charge in [-0.15, -0.1) is 0 Å². The number of piperidine rings is 5. The van der Waals surface area contributed by atoms with Crippen molar-refractivity contribution in [1.29, 1.82) is 0 Å². The largest absolute Gasteiger partial charge is 0.295 e. The van der Waals surface area contributed by atoms with Crippen LogP contribution in [0.15, 0.2) is 103 Å². The molecule has 5 atom stereocenters. The minimum atomic E-state index is -0.952. The molecular formula is C90H106N10O20. The zero-order chi connectivity index (χ0) is 88.3. The molecule has 636 valence electrons. The molecule has 0 aromatic heterocycles. The summed E-state index contributed by atoms with van der Waals surface area (Å²) < 4.78 is 0. The van der Waals surface area contributed by atoms with E-state index in [9.17, 15) is 95.9 Å². The van der Waals surface area contributed by atoms with Crippen molar-refractivity contribution in [2.75, 3.05) is 0 Å². The SMILES string of the molecule is C.CC.CC.CC.CC.CC.CCc1cc2c3c(cccc3c1)C(=O)N(C1CCC(=O)NC1=O)C2=O.CCc1ccc2c(c1)C(=O)N(C1CCC(=O)NC1=O)C2=O.CCc1ccc2c(c1)C(=O)N(C1CCC(=O)NC1=O)C2=O.CCc1cccc2c1C(=O)N(C1CCC(=O)NC1=O)C2=O.CCc1cccc2c1C(=O)N(C1CCC(=O)NC1=O)C2=O. The lowest BCUT2D eigenvalue weighted by molar-refractivity contribution is -0.137. The highest BCUT2D eigenvalue weighted by atomic mass is 16.2. The van der Waals surface area contributed by atoms with Crippen LogP contribution in [0.25, 0.3) is 10.8 Å². The first-order chi connectivity index (χ1) is 57.1. The van der Waals surface area contributed by atoms with E-state index in [2.05, 4.69) is 26.6 Å². The molecule has 5 N–H and O–H groups in total. The Balaban J connectivity index is 0.000000226. The average molecular weight is 1650 g/mol. The average Bonchev–Trinajstić information content (AvgIpc) is 1.29. The summed E-state index contributed by atoms with van der Waals surface area (Å²) in [6, 6.07) is 25.0. The molecule has 16 rings (SSSR count). The second kappa shape index (κ2) is 42.9. The van der Waals surface area contributed by atoms with Gasteiger partial charge in [-0.3, -0.25) is 147 Å². The van der Waals surface area contributed by atoms with Crippen molar-refractivity contribution in [2.24, 2.45) is 0 Å². The lowest BCUT2D eigenvalue weighted by atomic mass is 9.90. The van der Waals surface area contributed by atoms with Crippen molar-refractivity contribution in [3.8, 4) is 0 Å². The van der Waals surface area contributed by atoms with Gasteiger partial charge in [-0.05, 0) is 146 Å². The molecule has 5 unspecified atom stereocenters. The van der Waals surface area contributed by atoms with Gasteiger partial charge in [0.05, 0.1) is 44.5 Å². The van der Waals surface area contributed by atoms with Crippen LogP contribution in [0.5, 0.6) is 0 Å². The predicted octanol–water partition coefficient (Wildman–Crippen LogP) is 10.2. The van der Waals surface area contributed by atoms with Gasteiger partial charge in [0.2, 0.25) is 59.1 Å². The van der Waals surface area contributed by atoms with Gasteiger partial charge in [0.25, 0.3) is 59.1 Å². The second-order valence-corrected chi connectivity index (χ2v) is 27.0. The van der Waals surface area contributed by atoms with Gasteiger partial charge in [0.1, 0.15) is 30.2 Å². The van der Waals surface area contributed by atoms with Gasteiger partial charge in [-0.25, -0.2) is 0 Å². The van der Waals surface area contributed by atoms with Gasteiger partial charge in [0.15, 0.2) is 0 Å². The number of hydrogen-bond donors (Lipinski definition) is 5. The van der Waals surface area contributed by atoms with Crippen molar-refractivity contribution >= 4 is 129 Å². The van der Waals surface area contributed by atoms with Crippen LogP contribution < -0.4 is 26.6 Å². The summed E-state index contributed by atoms with van der Waals surface area (Å²) in [5.41, 5.74) is 8.11. The predicted molar refractivity (Wildman–Crippen MR) is 443 cm³/mol. The third-order valence-electron chi connectivity index (χ3n) is 20.6. The van der Waals surface area contributed by atoms with E-state index in [0.29, 0.717) is 73.9 Å².